The Labute approximate surface area is 193 Å². The summed E-state index contributed by atoms with van der Waals surface area (Å²) < 4.78 is 33.3. The number of rotatable bonds is 7. The molecule has 1 amide bonds. The smallest absolute Gasteiger partial charge is 0.309 e. The molecule has 1 aromatic heterocycles. The summed E-state index contributed by atoms with van der Waals surface area (Å²) >= 11 is 1.54. The lowest BCUT2D eigenvalue weighted by molar-refractivity contribution is -0.153. The largest absolute Gasteiger partial charge is 0.455 e. The maximum absolute atomic E-state index is 13.4. The van der Waals surface area contributed by atoms with Crippen LogP contribution in [0.4, 0.5) is 0 Å². The zero-order chi connectivity index (χ0) is 23.5. The third-order valence-electron chi connectivity index (χ3n) is 6.07. The molecule has 1 N–H and O–H groups in total. The second kappa shape index (κ2) is 10.1. The van der Waals surface area contributed by atoms with E-state index in [2.05, 4.69) is 5.32 Å². The number of carbonyl (C=O) groups is 2. The van der Waals surface area contributed by atoms with Crippen LogP contribution in [0.3, 0.4) is 0 Å². The highest BCUT2D eigenvalue weighted by Crippen LogP contribution is 2.31. The molecule has 1 saturated heterocycles. The summed E-state index contributed by atoms with van der Waals surface area (Å²) in [6.07, 6.45) is 0.746. The monoisotopic (exact) mass is 478 g/mol. The van der Waals surface area contributed by atoms with Gasteiger partial charge in [0.1, 0.15) is 0 Å². The van der Waals surface area contributed by atoms with Crippen molar-refractivity contribution in [3.63, 3.8) is 0 Å². The lowest BCUT2D eigenvalue weighted by Crippen LogP contribution is -2.41. The predicted molar refractivity (Wildman–Crippen MR) is 124 cm³/mol. The number of aryl methyl sites for hydroxylation is 2. The fourth-order valence-corrected chi connectivity index (χ4v) is 6.62. The Balaban J connectivity index is 1.54. The number of benzene rings is 1. The first-order chi connectivity index (χ1) is 15.1. The third kappa shape index (κ3) is 5.39. The van der Waals surface area contributed by atoms with Crippen LogP contribution in [0.15, 0.2) is 28.5 Å². The molecule has 3 rings (SSSR count). The van der Waals surface area contributed by atoms with Crippen LogP contribution >= 0.6 is 11.3 Å². The van der Waals surface area contributed by atoms with Crippen molar-refractivity contribution in [3.8, 4) is 0 Å². The van der Waals surface area contributed by atoms with Crippen molar-refractivity contribution in [1.82, 2.24) is 9.62 Å². The van der Waals surface area contributed by atoms with E-state index in [4.69, 9.17) is 4.74 Å². The number of nitrogens with one attached hydrogen (secondary N) is 1. The highest BCUT2D eigenvalue weighted by molar-refractivity contribution is 7.89. The standard InChI is InChI=1S/C23H30N2O5S2/c1-15-12-16(2)18(4)22(17(15)3)32(28,29)25-9-7-19(8-10-25)23(27)30-14-21(26)24-13-20-6-5-11-31-20/h5-6,11-12,19H,7-10,13-14H2,1-4H3,(H,24,26). The maximum Gasteiger partial charge on any atom is 0.309 e. The number of hydrogen-bond acceptors (Lipinski definition) is 6. The van der Waals surface area contributed by atoms with Gasteiger partial charge in [0.05, 0.1) is 17.4 Å². The fourth-order valence-electron chi connectivity index (χ4n) is 3.93. The van der Waals surface area contributed by atoms with Crippen molar-refractivity contribution in [2.24, 2.45) is 5.92 Å². The maximum atomic E-state index is 13.4. The Morgan fingerprint density at radius 2 is 1.75 bits per heavy atom. The Morgan fingerprint density at radius 1 is 1.12 bits per heavy atom. The molecule has 9 heteroatoms. The average molecular weight is 479 g/mol. The first-order valence-corrected chi connectivity index (χ1v) is 13.0. The second-order valence-electron chi connectivity index (χ2n) is 8.23. The first kappa shape index (κ1) is 24.4. The van der Waals surface area contributed by atoms with Crippen molar-refractivity contribution < 1.29 is 22.7 Å². The molecule has 32 heavy (non-hydrogen) atoms. The SMILES string of the molecule is Cc1cc(C)c(C)c(S(=O)(=O)N2CCC(C(=O)OCC(=O)NCc3cccs3)CC2)c1C. The van der Waals surface area contributed by atoms with Gasteiger partial charge in [-0.2, -0.15) is 4.31 Å². The number of thiophene rings is 1. The van der Waals surface area contributed by atoms with E-state index in [1.807, 2.05) is 51.3 Å². The molecular formula is C23H30N2O5S2. The van der Waals surface area contributed by atoms with Gasteiger partial charge < -0.3 is 10.1 Å². The minimum absolute atomic E-state index is 0.249. The summed E-state index contributed by atoms with van der Waals surface area (Å²) in [5.74, 6) is -1.22. The number of carbonyl (C=O) groups excluding carboxylic acids is 2. The predicted octanol–water partition coefficient (Wildman–Crippen LogP) is 3.24. The molecule has 1 aliphatic rings. The van der Waals surface area contributed by atoms with Gasteiger partial charge >= 0.3 is 5.97 Å². The third-order valence-corrected chi connectivity index (χ3v) is 9.12. The van der Waals surface area contributed by atoms with Crippen molar-refractivity contribution >= 4 is 33.2 Å². The van der Waals surface area contributed by atoms with Crippen LogP contribution in [-0.4, -0.2) is 44.3 Å². The molecule has 0 spiro atoms. The van der Waals surface area contributed by atoms with Crippen LogP contribution < -0.4 is 5.32 Å². The average Bonchev–Trinajstić information content (AvgIpc) is 3.28. The van der Waals surface area contributed by atoms with Crippen LogP contribution in [0, 0.1) is 33.6 Å². The normalized spacial score (nSPS) is 15.5. The molecule has 1 aliphatic heterocycles. The molecular weight excluding hydrogens is 448 g/mol. The van der Waals surface area contributed by atoms with E-state index in [9.17, 15) is 18.0 Å². The molecule has 0 atom stereocenters. The van der Waals surface area contributed by atoms with Gasteiger partial charge in [-0.1, -0.05) is 12.1 Å². The van der Waals surface area contributed by atoms with E-state index in [-0.39, 0.29) is 25.6 Å². The molecule has 0 radical (unpaired) electrons. The summed E-state index contributed by atoms with van der Waals surface area (Å²) in [7, 11) is -3.65. The van der Waals surface area contributed by atoms with Crippen molar-refractivity contribution in [2.45, 2.75) is 52.0 Å². The van der Waals surface area contributed by atoms with Gasteiger partial charge in [-0.15, -0.1) is 11.3 Å². The van der Waals surface area contributed by atoms with E-state index in [1.54, 1.807) is 0 Å². The zero-order valence-corrected chi connectivity index (χ0v) is 20.6. The Morgan fingerprint density at radius 3 is 2.31 bits per heavy atom. The summed E-state index contributed by atoms with van der Waals surface area (Å²) in [5, 5.41) is 4.64. The van der Waals surface area contributed by atoms with Gasteiger partial charge in [0.25, 0.3) is 5.91 Å². The van der Waals surface area contributed by atoms with Gasteiger partial charge in [-0.25, -0.2) is 8.42 Å². The topological polar surface area (TPSA) is 92.8 Å². The van der Waals surface area contributed by atoms with E-state index >= 15 is 0 Å². The van der Waals surface area contributed by atoms with E-state index < -0.39 is 21.9 Å². The van der Waals surface area contributed by atoms with Crippen LogP contribution in [0.1, 0.15) is 40.0 Å². The van der Waals surface area contributed by atoms with Crippen LogP contribution in [-0.2, 0) is 30.9 Å². The quantitative estimate of drug-likeness (QED) is 0.617. The minimum atomic E-state index is -3.65. The number of esters is 1. The number of ether oxygens (including phenoxy) is 1. The van der Waals surface area contributed by atoms with Gasteiger partial charge in [-0.05, 0) is 74.2 Å². The molecule has 2 aromatic rings. The van der Waals surface area contributed by atoms with E-state index in [1.165, 1.54) is 15.6 Å². The molecule has 0 saturated carbocycles. The highest BCUT2D eigenvalue weighted by Gasteiger charge is 2.35. The zero-order valence-electron chi connectivity index (χ0n) is 18.9. The molecule has 7 nitrogen and oxygen atoms in total. The van der Waals surface area contributed by atoms with Crippen molar-refractivity contribution in [3.05, 3.63) is 50.7 Å². The number of piperidine rings is 1. The number of sulfonamides is 1. The van der Waals surface area contributed by atoms with Gasteiger partial charge in [0.2, 0.25) is 10.0 Å². The second-order valence-corrected chi connectivity index (χ2v) is 11.1. The van der Waals surface area contributed by atoms with Gasteiger partial charge in [0.15, 0.2) is 6.61 Å². The number of nitrogens with zero attached hydrogens (tertiary/aromatic N) is 1. The van der Waals surface area contributed by atoms with E-state index in [0.717, 1.165) is 27.1 Å². The lowest BCUT2D eigenvalue weighted by atomic mass is 9.98. The first-order valence-electron chi connectivity index (χ1n) is 10.6. The summed E-state index contributed by atoms with van der Waals surface area (Å²) in [6, 6.07) is 5.82. The van der Waals surface area contributed by atoms with Crippen molar-refractivity contribution in [1.29, 1.82) is 0 Å². The summed E-state index contributed by atoms with van der Waals surface area (Å²) in [5.41, 5.74) is 3.43. The summed E-state index contributed by atoms with van der Waals surface area (Å²) in [4.78, 5) is 25.7. The molecule has 2 heterocycles. The number of amides is 1. The minimum Gasteiger partial charge on any atom is -0.455 e. The van der Waals surface area contributed by atoms with Crippen molar-refractivity contribution in [2.75, 3.05) is 19.7 Å². The molecule has 1 aromatic carbocycles. The van der Waals surface area contributed by atoms with Gasteiger partial charge in [0, 0.05) is 18.0 Å². The molecule has 1 fully saturated rings. The molecule has 0 bridgehead atoms. The van der Waals surface area contributed by atoms with Gasteiger partial charge in [-0.3, -0.25) is 9.59 Å². The Hall–Kier alpha value is -2.23. The Bertz CT molecular complexity index is 1060. The fraction of sp³-hybridized carbons (Fsp3) is 0.478. The molecule has 0 unspecified atom stereocenters. The van der Waals surface area contributed by atoms with Crippen LogP contribution in [0.25, 0.3) is 0 Å². The molecule has 174 valence electrons. The van der Waals surface area contributed by atoms with Crippen LogP contribution in [0.5, 0.6) is 0 Å². The molecule has 0 aliphatic carbocycles. The Kier molecular flexibility index (Phi) is 7.74. The lowest BCUT2D eigenvalue weighted by Gasteiger charge is -2.31. The highest BCUT2D eigenvalue weighted by atomic mass is 32.2. The summed E-state index contributed by atoms with van der Waals surface area (Å²) in [6.45, 7) is 8.08. The number of hydrogen-bond donors (Lipinski definition) is 1. The van der Waals surface area contributed by atoms with Crippen LogP contribution in [0.2, 0.25) is 0 Å². The van der Waals surface area contributed by atoms with E-state index in [0.29, 0.717) is 24.3 Å².